The summed E-state index contributed by atoms with van der Waals surface area (Å²) in [6.07, 6.45) is 0. The van der Waals surface area contributed by atoms with Gasteiger partial charge in [-0.1, -0.05) is 170 Å². The van der Waals surface area contributed by atoms with Crippen molar-refractivity contribution in [3.8, 4) is 33.6 Å². The van der Waals surface area contributed by atoms with Crippen molar-refractivity contribution >= 4 is 82.2 Å². The first kappa shape index (κ1) is 36.9. The number of rotatable bonds is 7. The van der Waals surface area contributed by atoms with Gasteiger partial charge >= 0.3 is 0 Å². The first-order valence-corrected chi connectivity index (χ1v) is 22.3. The summed E-state index contributed by atoms with van der Waals surface area (Å²) in [5, 5.41) is 9.91. The molecule has 0 atom stereocenters. The fourth-order valence-electron chi connectivity index (χ4n) is 10.4. The number of nitrogens with zero attached hydrogens (tertiary/aromatic N) is 3. The molecule has 2 aromatic heterocycles. The molecule has 0 bridgehead atoms. The summed E-state index contributed by atoms with van der Waals surface area (Å²) in [5.74, 6) is 0. The van der Waals surface area contributed by atoms with Gasteiger partial charge < -0.3 is 14.0 Å². The molecular formula is C62H41N3. The van der Waals surface area contributed by atoms with Gasteiger partial charge in [-0.25, -0.2) is 0 Å². The van der Waals surface area contributed by atoms with Crippen LogP contribution in [0.4, 0.5) is 17.1 Å². The Balaban J connectivity index is 1.04. The van der Waals surface area contributed by atoms with Crippen molar-refractivity contribution in [1.82, 2.24) is 9.13 Å². The van der Waals surface area contributed by atoms with Crippen LogP contribution in [-0.2, 0) is 0 Å². The van der Waals surface area contributed by atoms with Gasteiger partial charge in [0.15, 0.2) is 0 Å². The van der Waals surface area contributed by atoms with Crippen molar-refractivity contribution < 1.29 is 0 Å². The van der Waals surface area contributed by atoms with Gasteiger partial charge in [0.05, 0.1) is 22.1 Å². The summed E-state index contributed by atoms with van der Waals surface area (Å²) < 4.78 is 4.82. The van der Waals surface area contributed by atoms with E-state index < -0.39 is 0 Å². The number of anilines is 3. The zero-order valence-corrected chi connectivity index (χ0v) is 35.5. The Hall–Kier alpha value is -8.66. The zero-order chi connectivity index (χ0) is 42.8. The normalized spacial score (nSPS) is 11.7. The van der Waals surface area contributed by atoms with Gasteiger partial charge in [0.1, 0.15) is 0 Å². The second-order valence-corrected chi connectivity index (χ2v) is 16.9. The lowest BCUT2D eigenvalue weighted by atomic mass is 9.91. The average molecular weight is 828 g/mol. The molecule has 0 spiro atoms. The Morgan fingerprint density at radius 2 is 0.785 bits per heavy atom. The summed E-state index contributed by atoms with van der Waals surface area (Å²) >= 11 is 0. The van der Waals surface area contributed by atoms with Gasteiger partial charge in [-0.2, -0.15) is 0 Å². The monoisotopic (exact) mass is 827 g/mol. The molecule has 0 N–H and O–H groups in total. The first-order valence-electron chi connectivity index (χ1n) is 22.3. The van der Waals surface area contributed by atoms with E-state index >= 15 is 0 Å². The van der Waals surface area contributed by atoms with Crippen LogP contribution in [0.3, 0.4) is 0 Å². The Kier molecular flexibility index (Phi) is 8.53. The summed E-state index contributed by atoms with van der Waals surface area (Å²) in [4.78, 5) is 2.43. The molecule has 2 heterocycles. The van der Waals surface area contributed by atoms with Crippen molar-refractivity contribution in [1.29, 1.82) is 0 Å². The molecule has 0 fully saturated rings. The molecule has 0 saturated carbocycles. The van der Waals surface area contributed by atoms with Gasteiger partial charge in [0.25, 0.3) is 0 Å². The standard InChI is InChI=1S/C62H41N3/c1-4-16-42(17-5-1)51-27-14-19-45-20-15-28-52(61(45)51)44-30-33-48(34-31-44)63(49-36-39-58-56(40-49)54-26-12-13-29-57(54)64(58)46-21-6-2-7-22-46)50-35-37-55-60(41-50)65(47-23-8-3-9-24-47)59-38-32-43-18-10-11-25-53(43)62(55)59/h1-41H. The van der Waals surface area contributed by atoms with Crippen molar-refractivity contribution in [2.75, 3.05) is 4.90 Å². The summed E-state index contributed by atoms with van der Waals surface area (Å²) in [6.45, 7) is 0. The van der Waals surface area contributed by atoms with Crippen LogP contribution in [0.5, 0.6) is 0 Å². The topological polar surface area (TPSA) is 13.1 Å². The molecule has 0 aliphatic carbocycles. The second kappa shape index (κ2) is 15.0. The fourth-order valence-corrected chi connectivity index (χ4v) is 10.4. The van der Waals surface area contributed by atoms with E-state index in [1.54, 1.807) is 0 Å². The molecule has 13 rings (SSSR count). The van der Waals surface area contributed by atoms with E-state index in [1.165, 1.54) is 81.9 Å². The molecule has 13 aromatic rings. The van der Waals surface area contributed by atoms with Gasteiger partial charge in [-0.05, 0) is 123 Å². The summed E-state index contributed by atoms with van der Waals surface area (Å²) in [7, 11) is 0. The Morgan fingerprint density at radius 1 is 0.262 bits per heavy atom. The lowest BCUT2D eigenvalue weighted by Gasteiger charge is -2.26. The van der Waals surface area contributed by atoms with Crippen LogP contribution in [0.15, 0.2) is 249 Å². The maximum absolute atomic E-state index is 2.43. The number of benzene rings is 11. The van der Waals surface area contributed by atoms with Gasteiger partial charge in [0, 0.05) is 50.0 Å². The highest BCUT2D eigenvalue weighted by atomic mass is 15.1. The fraction of sp³-hybridized carbons (Fsp3) is 0. The minimum atomic E-state index is 1.08. The molecule has 0 unspecified atom stereocenters. The van der Waals surface area contributed by atoms with E-state index in [4.69, 9.17) is 0 Å². The van der Waals surface area contributed by atoms with Crippen molar-refractivity contribution in [3.05, 3.63) is 249 Å². The molecule has 11 aromatic carbocycles. The number of fused-ring (bicyclic) bond motifs is 9. The van der Waals surface area contributed by atoms with Crippen LogP contribution >= 0.6 is 0 Å². The van der Waals surface area contributed by atoms with Gasteiger partial charge in [-0.3, -0.25) is 0 Å². The van der Waals surface area contributed by atoms with E-state index in [2.05, 4.69) is 263 Å². The van der Waals surface area contributed by atoms with Crippen LogP contribution in [0, 0.1) is 0 Å². The Labute approximate surface area is 376 Å². The molecule has 3 heteroatoms. The molecule has 0 aliphatic heterocycles. The number of para-hydroxylation sites is 3. The predicted octanol–water partition coefficient (Wildman–Crippen LogP) is 17.0. The van der Waals surface area contributed by atoms with Crippen LogP contribution in [-0.4, -0.2) is 9.13 Å². The third kappa shape index (κ3) is 5.97. The van der Waals surface area contributed by atoms with E-state index in [-0.39, 0.29) is 0 Å². The predicted molar refractivity (Wildman–Crippen MR) is 276 cm³/mol. The second-order valence-electron chi connectivity index (χ2n) is 16.9. The Bertz CT molecular complexity index is 3910. The van der Waals surface area contributed by atoms with Gasteiger partial charge in [0.2, 0.25) is 0 Å². The third-order valence-electron chi connectivity index (χ3n) is 13.3. The van der Waals surface area contributed by atoms with Crippen LogP contribution in [0.1, 0.15) is 0 Å². The number of hydrogen-bond donors (Lipinski definition) is 0. The number of hydrogen-bond acceptors (Lipinski definition) is 1. The minimum absolute atomic E-state index is 1.08. The molecule has 0 amide bonds. The third-order valence-corrected chi connectivity index (χ3v) is 13.3. The van der Waals surface area contributed by atoms with Crippen molar-refractivity contribution in [2.45, 2.75) is 0 Å². The lowest BCUT2D eigenvalue weighted by Crippen LogP contribution is -2.10. The maximum atomic E-state index is 2.43. The largest absolute Gasteiger partial charge is 0.310 e. The number of aromatic nitrogens is 2. The molecule has 65 heavy (non-hydrogen) atoms. The Morgan fingerprint density at radius 3 is 1.51 bits per heavy atom. The van der Waals surface area contributed by atoms with Crippen LogP contribution in [0.25, 0.3) is 98.8 Å². The average Bonchev–Trinajstić information content (AvgIpc) is 3.90. The van der Waals surface area contributed by atoms with Crippen LogP contribution < -0.4 is 4.90 Å². The first-order chi connectivity index (χ1) is 32.3. The highest BCUT2D eigenvalue weighted by molar-refractivity contribution is 6.22. The van der Waals surface area contributed by atoms with E-state index in [1.807, 2.05) is 0 Å². The van der Waals surface area contributed by atoms with E-state index in [0.29, 0.717) is 0 Å². The smallest absolute Gasteiger partial charge is 0.0562 e. The van der Waals surface area contributed by atoms with E-state index in [0.717, 1.165) is 34.0 Å². The highest BCUT2D eigenvalue weighted by Crippen LogP contribution is 2.45. The molecule has 0 saturated heterocycles. The lowest BCUT2D eigenvalue weighted by molar-refractivity contribution is 1.17. The minimum Gasteiger partial charge on any atom is -0.310 e. The molecule has 0 aliphatic rings. The molecule has 0 radical (unpaired) electrons. The highest BCUT2D eigenvalue weighted by Gasteiger charge is 2.21. The van der Waals surface area contributed by atoms with E-state index in [9.17, 15) is 0 Å². The summed E-state index contributed by atoms with van der Waals surface area (Å²) in [5.41, 5.74) is 15.1. The quantitative estimate of drug-likeness (QED) is 0.156. The molecule has 3 nitrogen and oxygen atoms in total. The van der Waals surface area contributed by atoms with Crippen molar-refractivity contribution in [2.24, 2.45) is 0 Å². The van der Waals surface area contributed by atoms with Gasteiger partial charge in [-0.15, -0.1) is 0 Å². The molecular weight excluding hydrogens is 787 g/mol. The zero-order valence-electron chi connectivity index (χ0n) is 35.5. The van der Waals surface area contributed by atoms with Crippen molar-refractivity contribution in [3.63, 3.8) is 0 Å². The molecule has 304 valence electrons. The SMILES string of the molecule is c1ccc(-c2cccc3cccc(-c4ccc(N(c5ccc6c(c5)c5ccccc5n6-c5ccccc5)c5ccc6c7c8ccccc8ccc7n(-c7ccccc7)c6c5)cc4)c23)cc1. The maximum Gasteiger partial charge on any atom is 0.0562 e. The summed E-state index contributed by atoms with van der Waals surface area (Å²) in [6, 6.07) is 90.7. The van der Waals surface area contributed by atoms with Crippen LogP contribution in [0.2, 0.25) is 0 Å².